The minimum absolute atomic E-state index is 0.156. The van der Waals surface area contributed by atoms with Gasteiger partial charge in [0.15, 0.2) is 10.2 Å². The van der Waals surface area contributed by atoms with Crippen LogP contribution < -0.4 is 10.6 Å². The minimum atomic E-state index is -1.24. The van der Waals surface area contributed by atoms with Crippen molar-refractivity contribution in [2.75, 3.05) is 10.6 Å². The Hall–Kier alpha value is -3.55. The van der Waals surface area contributed by atoms with Crippen molar-refractivity contribution in [3.05, 3.63) is 58.7 Å². The maximum Gasteiger partial charge on any atom is 0.339 e. The van der Waals surface area contributed by atoms with Gasteiger partial charge in [0.1, 0.15) is 17.1 Å². The van der Waals surface area contributed by atoms with Gasteiger partial charge in [-0.05, 0) is 42.5 Å². The van der Waals surface area contributed by atoms with E-state index in [1.54, 1.807) is 5.38 Å². The van der Waals surface area contributed by atoms with Crippen LogP contribution in [0, 0.1) is 17.1 Å². The van der Waals surface area contributed by atoms with E-state index in [4.69, 9.17) is 22.6 Å². The molecule has 3 aromatic rings. The van der Waals surface area contributed by atoms with Crippen molar-refractivity contribution in [3.8, 4) is 23.1 Å². The number of phenols is 1. The Morgan fingerprint density at radius 1 is 1.25 bits per heavy atom. The van der Waals surface area contributed by atoms with E-state index in [0.29, 0.717) is 16.5 Å². The van der Waals surface area contributed by atoms with Crippen LogP contribution in [0.25, 0.3) is 11.3 Å². The van der Waals surface area contributed by atoms with Crippen LogP contribution in [0.5, 0.6) is 5.75 Å². The number of nitriles is 1. The Morgan fingerprint density at radius 2 is 2.04 bits per heavy atom. The van der Waals surface area contributed by atoms with Gasteiger partial charge in [0.2, 0.25) is 0 Å². The molecule has 0 aliphatic carbocycles. The number of benzene rings is 2. The fourth-order valence-electron chi connectivity index (χ4n) is 2.30. The van der Waals surface area contributed by atoms with E-state index in [9.17, 15) is 14.3 Å². The number of carboxylic acid groups (broad SMARTS) is 1. The number of nitrogens with one attached hydrogen (secondary N) is 2. The van der Waals surface area contributed by atoms with E-state index in [0.717, 1.165) is 6.07 Å². The molecule has 0 aliphatic rings. The number of halogens is 1. The van der Waals surface area contributed by atoms with E-state index in [1.165, 1.54) is 41.7 Å². The molecule has 140 valence electrons. The Kier molecular flexibility index (Phi) is 5.49. The third-order valence-corrected chi connectivity index (χ3v) is 4.55. The number of aromatic carboxylic acids is 1. The zero-order valence-electron chi connectivity index (χ0n) is 13.9. The first-order valence-corrected chi connectivity index (χ1v) is 8.96. The Morgan fingerprint density at radius 3 is 2.68 bits per heavy atom. The number of aromatic nitrogens is 1. The van der Waals surface area contributed by atoms with Crippen molar-refractivity contribution < 1.29 is 19.4 Å². The van der Waals surface area contributed by atoms with Gasteiger partial charge in [-0.3, -0.25) is 0 Å². The molecule has 0 radical (unpaired) electrons. The predicted octanol–water partition coefficient (Wildman–Crippen LogP) is 4.03. The molecule has 1 aromatic heterocycles. The number of anilines is 2. The summed E-state index contributed by atoms with van der Waals surface area (Å²) in [4.78, 5) is 15.2. The van der Waals surface area contributed by atoms with Crippen LogP contribution in [-0.4, -0.2) is 26.3 Å². The summed E-state index contributed by atoms with van der Waals surface area (Å²) in [5.74, 6) is -2.19. The smallest absolute Gasteiger partial charge is 0.339 e. The van der Waals surface area contributed by atoms with Gasteiger partial charge in [0.05, 0.1) is 17.3 Å². The summed E-state index contributed by atoms with van der Waals surface area (Å²) in [6, 6.07) is 9.93. The third kappa shape index (κ3) is 4.22. The molecule has 0 saturated heterocycles. The Labute approximate surface area is 167 Å². The zero-order chi connectivity index (χ0) is 20.3. The number of carboxylic acids is 1. The average Bonchev–Trinajstić information content (AvgIpc) is 3.09. The standard InChI is InChI=1S/C18H11FN4O3S2/c19-13-5-9(7-20)1-3-11(13)14-8-28-18(22-14)23-17(27)21-10-2-4-12(16(25)26)15(24)6-10/h1-6,8,24H,(H,25,26)(H2,21,22,23,27). The molecule has 4 N–H and O–H groups in total. The van der Waals surface area contributed by atoms with Gasteiger partial charge in [-0.2, -0.15) is 5.26 Å². The number of carbonyl (C=O) groups is 1. The van der Waals surface area contributed by atoms with Crippen LogP contribution in [0.2, 0.25) is 0 Å². The van der Waals surface area contributed by atoms with Gasteiger partial charge < -0.3 is 20.8 Å². The molecule has 0 unspecified atom stereocenters. The largest absolute Gasteiger partial charge is 0.507 e. The van der Waals surface area contributed by atoms with Crippen LogP contribution in [0.4, 0.5) is 15.2 Å². The quantitative estimate of drug-likeness (QED) is 0.473. The van der Waals surface area contributed by atoms with Gasteiger partial charge >= 0.3 is 5.97 Å². The number of hydrogen-bond donors (Lipinski definition) is 4. The van der Waals surface area contributed by atoms with E-state index in [2.05, 4.69) is 15.6 Å². The number of thiocarbonyl (C=S) groups is 1. The SMILES string of the molecule is N#Cc1ccc(-c2csc(NC(=S)Nc3ccc(C(=O)O)c(O)c3)n2)c(F)c1. The van der Waals surface area contributed by atoms with Crippen molar-refractivity contribution in [1.29, 1.82) is 5.26 Å². The zero-order valence-corrected chi connectivity index (χ0v) is 15.6. The van der Waals surface area contributed by atoms with Crippen molar-refractivity contribution in [3.63, 3.8) is 0 Å². The maximum absolute atomic E-state index is 14.1. The summed E-state index contributed by atoms with van der Waals surface area (Å²) in [7, 11) is 0. The van der Waals surface area contributed by atoms with E-state index < -0.39 is 17.5 Å². The molecule has 0 spiro atoms. The van der Waals surface area contributed by atoms with E-state index in [-0.39, 0.29) is 21.8 Å². The number of thiazole rings is 1. The summed E-state index contributed by atoms with van der Waals surface area (Å²) < 4.78 is 14.1. The summed E-state index contributed by atoms with van der Waals surface area (Å²) >= 11 is 6.37. The highest BCUT2D eigenvalue weighted by Gasteiger charge is 2.12. The summed E-state index contributed by atoms with van der Waals surface area (Å²) in [6.07, 6.45) is 0. The highest BCUT2D eigenvalue weighted by atomic mass is 32.1. The molecule has 0 aliphatic heterocycles. The van der Waals surface area contributed by atoms with Gasteiger partial charge in [0, 0.05) is 22.7 Å². The first-order chi connectivity index (χ1) is 13.4. The molecular formula is C18H11FN4O3S2. The molecule has 0 bridgehead atoms. The predicted molar refractivity (Wildman–Crippen MR) is 107 cm³/mol. The molecule has 0 amide bonds. The molecule has 0 fully saturated rings. The lowest BCUT2D eigenvalue weighted by molar-refractivity contribution is 0.0694. The number of rotatable bonds is 4. The monoisotopic (exact) mass is 414 g/mol. The van der Waals surface area contributed by atoms with Crippen LogP contribution in [0.3, 0.4) is 0 Å². The summed E-state index contributed by atoms with van der Waals surface area (Å²) in [5.41, 5.74) is 1.03. The van der Waals surface area contributed by atoms with Gasteiger partial charge in [-0.15, -0.1) is 11.3 Å². The van der Waals surface area contributed by atoms with Gasteiger partial charge in [-0.1, -0.05) is 0 Å². The molecule has 7 nitrogen and oxygen atoms in total. The molecule has 3 rings (SSSR count). The van der Waals surface area contributed by atoms with Crippen molar-refractivity contribution in [1.82, 2.24) is 4.98 Å². The highest BCUT2D eigenvalue weighted by Crippen LogP contribution is 2.28. The lowest BCUT2D eigenvalue weighted by Gasteiger charge is -2.09. The lowest BCUT2D eigenvalue weighted by Crippen LogP contribution is -2.19. The fraction of sp³-hybridized carbons (Fsp3) is 0. The van der Waals surface area contributed by atoms with Crippen LogP contribution in [0.1, 0.15) is 15.9 Å². The first kappa shape index (κ1) is 19.2. The maximum atomic E-state index is 14.1. The number of nitrogens with zero attached hydrogens (tertiary/aromatic N) is 2. The topological polar surface area (TPSA) is 118 Å². The van der Waals surface area contributed by atoms with Gasteiger partial charge in [-0.25, -0.2) is 14.2 Å². The van der Waals surface area contributed by atoms with Gasteiger partial charge in [0.25, 0.3) is 0 Å². The molecule has 1 heterocycles. The molecular weight excluding hydrogens is 403 g/mol. The lowest BCUT2D eigenvalue weighted by atomic mass is 10.1. The normalized spacial score (nSPS) is 10.1. The number of aromatic hydroxyl groups is 1. The Balaban J connectivity index is 1.70. The second-order valence-electron chi connectivity index (χ2n) is 5.46. The molecule has 28 heavy (non-hydrogen) atoms. The third-order valence-electron chi connectivity index (χ3n) is 3.58. The van der Waals surface area contributed by atoms with Crippen LogP contribution in [-0.2, 0) is 0 Å². The van der Waals surface area contributed by atoms with Crippen molar-refractivity contribution in [2.45, 2.75) is 0 Å². The Bertz CT molecular complexity index is 1120. The summed E-state index contributed by atoms with van der Waals surface area (Å²) in [6.45, 7) is 0. The molecule has 0 atom stereocenters. The van der Waals surface area contributed by atoms with E-state index in [1.807, 2.05) is 6.07 Å². The first-order valence-electron chi connectivity index (χ1n) is 7.67. The van der Waals surface area contributed by atoms with Crippen LogP contribution >= 0.6 is 23.6 Å². The summed E-state index contributed by atoms with van der Waals surface area (Å²) in [5, 5.41) is 35.3. The molecule has 2 aromatic carbocycles. The van der Waals surface area contributed by atoms with Crippen molar-refractivity contribution in [2.24, 2.45) is 0 Å². The molecule has 10 heteroatoms. The molecule has 0 saturated carbocycles. The van der Waals surface area contributed by atoms with Crippen LogP contribution in [0.15, 0.2) is 41.8 Å². The second-order valence-corrected chi connectivity index (χ2v) is 6.73. The number of hydrogen-bond acceptors (Lipinski definition) is 6. The second kappa shape index (κ2) is 7.99. The fourth-order valence-corrected chi connectivity index (χ4v) is 3.29. The average molecular weight is 414 g/mol. The highest BCUT2D eigenvalue weighted by molar-refractivity contribution is 7.80. The van der Waals surface area contributed by atoms with E-state index >= 15 is 0 Å². The van der Waals surface area contributed by atoms with Crippen molar-refractivity contribution >= 4 is 45.5 Å². The minimum Gasteiger partial charge on any atom is -0.507 e.